The molecule has 2 aromatic rings. The van der Waals surface area contributed by atoms with Gasteiger partial charge in [0.1, 0.15) is 0 Å². The Hall–Kier alpha value is -1.25. The molecule has 2 nitrogen and oxygen atoms in total. The van der Waals surface area contributed by atoms with E-state index in [1.165, 1.54) is 0 Å². The minimum absolute atomic E-state index is 0.518. The van der Waals surface area contributed by atoms with Gasteiger partial charge in [0.2, 0.25) is 0 Å². The van der Waals surface area contributed by atoms with Gasteiger partial charge in [0, 0.05) is 35.1 Å². The second-order valence-electron chi connectivity index (χ2n) is 3.08. The molecule has 0 amide bonds. The molecule has 0 aliphatic heterocycles. The van der Waals surface area contributed by atoms with E-state index in [1.807, 2.05) is 36.7 Å². The van der Waals surface area contributed by atoms with Gasteiger partial charge in [-0.1, -0.05) is 29.8 Å². The van der Waals surface area contributed by atoms with Gasteiger partial charge < -0.3 is 10.7 Å². The zero-order valence-corrected chi connectivity index (χ0v) is 8.38. The molecule has 72 valence electrons. The number of benzene rings is 1. The Morgan fingerprint density at radius 2 is 1.93 bits per heavy atom. The summed E-state index contributed by atoms with van der Waals surface area (Å²) in [6, 6.07) is 7.75. The number of hydrogen-bond acceptors (Lipinski definition) is 1. The maximum absolute atomic E-state index is 6.09. The Morgan fingerprint density at radius 3 is 2.64 bits per heavy atom. The van der Waals surface area contributed by atoms with Crippen molar-refractivity contribution in [1.82, 2.24) is 4.98 Å². The van der Waals surface area contributed by atoms with Gasteiger partial charge in [-0.25, -0.2) is 0 Å². The summed E-state index contributed by atoms with van der Waals surface area (Å²) in [7, 11) is 0. The van der Waals surface area contributed by atoms with Gasteiger partial charge in [0.25, 0.3) is 0 Å². The van der Waals surface area contributed by atoms with Crippen molar-refractivity contribution in [3.63, 3.8) is 0 Å². The van der Waals surface area contributed by atoms with Gasteiger partial charge in [0.15, 0.2) is 0 Å². The van der Waals surface area contributed by atoms with Crippen LogP contribution in [0.3, 0.4) is 0 Å². The maximum atomic E-state index is 6.09. The van der Waals surface area contributed by atoms with Crippen molar-refractivity contribution < 1.29 is 0 Å². The fourth-order valence-electron chi connectivity index (χ4n) is 1.50. The molecule has 1 aromatic carbocycles. The van der Waals surface area contributed by atoms with Crippen molar-refractivity contribution in [2.45, 2.75) is 6.54 Å². The Labute approximate surface area is 87.7 Å². The van der Waals surface area contributed by atoms with Crippen molar-refractivity contribution in [2.75, 3.05) is 0 Å². The van der Waals surface area contributed by atoms with E-state index < -0.39 is 0 Å². The number of halogens is 1. The average molecular weight is 207 g/mol. The van der Waals surface area contributed by atoms with Crippen LogP contribution in [0.25, 0.3) is 11.1 Å². The molecule has 0 spiro atoms. The van der Waals surface area contributed by atoms with Gasteiger partial charge in [-0.05, 0) is 11.6 Å². The molecule has 1 heterocycles. The zero-order chi connectivity index (χ0) is 9.97. The predicted molar refractivity (Wildman–Crippen MR) is 59.1 cm³/mol. The van der Waals surface area contributed by atoms with Crippen LogP contribution in [0.5, 0.6) is 0 Å². The topological polar surface area (TPSA) is 41.8 Å². The summed E-state index contributed by atoms with van der Waals surface area (Å²) in [5.41, 5.74) is 8.81. The third-order valence-corrected chi connectivity index (χ3v) is 2.54. The molecule has 0 bridgehead atoms. The number of nitrogens with one attached hydrogen (secondary N) is 1. The first kappa shape index (κ1) is 9.31. The van der Waals surface area contributed by atoms with Crippen molar-refractivity contribution >= 4 is 11.6 Å². The molecule has 0 saturated carbocycles. The van der Waals surface area contributed by atoms with E-state index in [4.69, 9.17) is 17.3 Å². The van der Waals surface area contributed by atoms with Crippen molar-refractivity contribution in [2.24, 2.45) is 5.73 Å². The molecule has 0 radical (unpaired) electrons. The van der Waals surface area contributed by atoms with Gasteiger partial charge in [-0.2, -0.15) is 0 Å². The first-order valence-corrected chi connectivity index (χ1v) is 4.81. The van der Waals surface area contributed by atoms with E-state index >= 15 is 0 Å². The Bertz CT molecular complexity index is 434. The first-order valence-electron chi connectivity index (χ1n) is 4.43. The normalized spacial score (nSPS) is 10.4. The minimum atomic E-state index is 0.518. The molecular formula is C11H11ClN2. The maximum Gasteiger partial charge on any atom is 0.0485 e. The summed E-state index contributed by atoms with van der Waals surface area (Å²) < 4.78 is 0. The molecule has 0 saturated heterocycles. The Morgan fingerprint density at radius 1 is 1.14 bits per heavy atom. The summed E-state index contributed by atoms with van der Waals surface area (Å²) in [6.45, 7) is 0.518. The van der Waals surface area contributed by atoms with E-state index in [0.717, 1.165) is 21.7 Å². The number of rotatable bonds is 2. The highest BCUT2D eigenvalue weighted by Gasteiger charge is 2.07. The predicted octanol–water partition coefficient (Wildman–Crippen LogP) is 2.79. The summed E-state index contributed by atoms with van der Waals surface area (Å²) in [5, 5.41) is 0.752. The van der Waals surface area contributed by atoms with Gasteiger partial charge >= 0.3 is 0 Å². The summed E-state index contributed by atoms with van der Waals surface area (Å²) >= 11 is 6.09. The highest BCUT2D eigenvalue weighted by atomic mass is 35.5. The minimum Gasteiger partial charge on any atom is -0.367 e. The lowest BCUT2D eigenvalue weighted by molar-refractivity contribution is 1.08. The summed E-state index contributed by atoms with van der Waals surface area (Å²) in [6.07, 6.45) is 3.82. The van der Waals surface area contributed by atoms with Gasteiger partial charge in [-0.3, -0.25) is 0 Å². The van der Waals surface area contributed by atoms with Gasteiger partial charge in [0.05, 0.1) is 0 Å². The standard InChI is InChI=1S/C11H11ClN2/c12-11-4-2-1-3-9(11)10-7-14-6-8(10)5-13/h1-4,6-7,14H,5,13H2. The second-order valence-corrected chi connectivity index (χ2v) is 3.49. The van der Waals surface area contributed by atoms with E-state index in [9.17, 15) is 0 Å². The highest BCUT2D eigenvalue weighted by Crippen LogP contribution is 2.29. The Balaban J connectivity index is 2.54. The van der Waals surface area contributed by atoms with Crippen LogP contribution in [-0.2, 0) is 6.54 Å². The molecule has 2 rings (SSSR count). The Kier molecular flexibility index (Phi) is 2.57. The molecule has 1 aromatic heterocycles. The number of aromatic amines is 1. The molecular weight excluding hydrogens is 196 g/mol. The number of aromatic nitrogens is 1. The molecule has 3 N–H and O–H groups in total. The van der Waals surface area contributed by atoms with Crippen LogP contribution in [0.1, 0.15) is 5.56 Å². The van der Waals surface area contributed by atoms with E-state index in [-0.39, 0.29) is 0 Å². The van der Waals surface area contributed by atoms with Crippen LogP contribution < -0.4 is 5.73 Å². The smallest absolute Gasteiger partial charge is 0.0485 e. The van der Waals surface area contributed by atoms with Crippen LogP contribution in [0.4, 0.5) is 0 Å². The quantitative estimate of drug-likeness (QED) is 0.780. The molecule has 0 unspecified atom stereocenters. The van der Waals surface area contributed by atoms with E-state index in [2.05, 4.69) is 4.98 Å². The lowest BCUT2D eigenvalue weighted by atomic mass is 10.1. The third-order valence-electron chi connectivity index (χ3n) is 2.22. The molecule has 0 fully saturated rings. The van der Waals surface area contributed by atoms with Crippen LogP contribution in [0, 0.1) is 0 Å². The molecule has 0 aliphatic rings. The lowest BCUT2D eigenvalue weighted by Gasteiger charge is -2.03. The number of H-pyrrole nitrogens is 1. The molecule has 0 atom stereocenters. The second kappa shape index (κ2) is 3.86. The first-order chi connectivity index (χ1) is 6.83. The fourth-order valence-corrected chi connectivity index (χ4v) is 1.73. The summed E-state index contributed by atoms with van der Waals surface area (Å²) in [4.78, 5) is 3.04. The monoisotopic (exact) mass is 206 g/mol. The van der Waals surface area contributed by atoms with Crippen LogP contribution in [-0.4, -0.2) is 4.98 Å². The van der Waals surface area contributed by atoms with E-state index in [1.54, 1.807) is 0 Å². The third kappa shape index (κ3) is 1.54. The number of hydrogen-bond donors (Lipinski definition) is 2. The molecule has 3 heteroatoms. The number of nitrogens with two attached hydrogens (primary N) is 1. The van der Waals surface area contributed by atoms with Crippen molar-refractivity contribution in [3.8, 4) is 11.1 Å². The van der Waals surface area contributed by atoms with Crippen LogP contribution in [0.15, 0.2) is 36.7 Å². The largest absolute Gasteiger partial charge is 0.367 e. The van der Waals surface area contributed by atoms with Gasteiger partial charge in [-0.15, -0.1) is 0 Å². The SMILES string of the molecule is NCc1c[nH]cc1-c1ccccc1Cl. The van der Waals surface area contributed by atoms with Crippen LogP contribution in [0.2, 0.25) is 5.02 Å². The lowest BCUT2D eigenvalue weighted by Crippen LogP contribution is -1.95. The average Bonchev–Trinajstić information content (AvgIpc) is 2.66. The zero-order valence-electron chi connectivity index (χ0n) is 7.63. The van der Waals surface area contributed by atoms with E-state index in [0.29, 0.717) is 6.54 Å². The van der Waals surface area contributed by atoms with Crippen LogP contribution >= 0.6 is 11.6 Å². The molecule has 0 aliphatic carbocycles. The van der Waals surface area contributed by atoms with Crippen molar-refractivity contribution in [1.29, 1.82) is 0 Å². The highest BCUT2D eigenvalue weighted by molar-refractivity contribution is 6.33. The summed E-state index contributed by atoms with van der Waals surface area (Å²) in [5.74, 6) is 0. The fraction of sp³-hybridized carbons (Fsp3) is 0.0909. The van der Waals surface area contributed by atoms with Crippen molar-refractivity contribution in [3.05, 3.63) is 47.2 Å². The molecule has 14 heavy (non-hydrogen) atoms.